The molecule has 1 aromatic rings. The molecule has 4 nitrogen and oxygen atoms in total. The zero-order valence-electron chi connectivity index (χ0n) is 8.08. The average molecular weight is 249 g/mol. The number of benzene rings is 1. The first kappa shape index (κ1) is 19.7. The van der Waals surface area contributed by atoms with Gasteiger partial charge in [-0.3, -0.25) is 0 Å². The summed E-state index contributed by atoms with van der Waals surface area (Å²) in [6.45, 7) is 0. The molecule has 0 heterocycles. The molecule has 0 aliphatic rings. The second-order valence-electron chi connectivity index (χ2n) is 1.59. The standard InChI is InChI=1S/C6H6S.K.HO3P.H2O.H/c7-6-4-2-1-3-5-6;;1-4(2)3;;/h1-5,7H;;(H-,1,2,3);1H2;/q;+1;;;-1/p+1. The fourth-order valence-corrected chi connectivity index (χ4v) is 0.600. The van der Waals surface area contributed by atoms with Crippen molar-refractivity contribution < 1.29 is 72.6 Å². The molecule has 7 heteroatoms. The van der Waals surface area contributed by atoms with Gasteiger partial charge in [0, 0.05) is 9.46 Å². The first-order chi connectivity index (χ1) is 5.13. The van der Waals surface area contributed by atoms with E-state index in [-0.39, 0.29) is 58.3 Å². The summed E-state index contributed by atoms with van der Waals surface area (Å²) < 4.78 is 8.70. The van der Waals surface area contributed by atoms with E-state index in [1.54, 1.807) is 0 Å². The van der Waals surface area contributed by atoms with Crippen LogP contribution in [0.2, 0.25) is 0 Å². The summed E-state index contributed by atoms with van der Waals surface area (Å²) in [6, 6.07) is 9.79. The summed E-state index contributed by atoms with van der Waals surface area (Å²) in [5.41, 5.74) is 0. The summed E-state index contributed by atoms with van der Waals surface area (Å²) in [4.78, 5) is 15.3. The van der Waals surface area contributed by atoms with Crippen molar-refractivity contribution in [2.24, 2.45) is 0 Å². The van der Waals surface area contributed by atoms with Gasteiger partial charge in [0.05, 0.1) is 0 Å². The van der Waals surface area contributed by atoms with Crippen LogP contribution in [0.1, 0.15) is 1.43 Å². The molecule has 4 N–H and O–H groups in total. The first-order valence-corrected chi connectivity index (χ1v) is 4.33. The first-order valence-electron chi connectivity index (χ1n) is 2.72. The van der Waals surface area contributed by atoms with Crippen molar-refractivity contribution in [3.05, 3.63) is 30.3 Å². The molecule has 70 valence electrons. The van der Waals surface area contributed by atoms with Gasteiger partial charge in [-0.1, -0.05) is 18.2 Å². The number of hydrogen-bond acceptors (Lipinski definition) is 2. The van der Waals surface area contributed by atoms with Crippen LogP contribution in [-0.2, 0) is 4.57 Å². The van der Waals surface area contributed by atoms with E-state index >= 15 is 0 Å². The molecule has 0 aliphatic carbocycles. The third-order valence-electron chi connectivity index (χ3n) is 0.756. The van der Waals surface area contributed by atoms with Gasteiger partial charge in [-0.05, 0) is 12.1 Å². The molecule has 13 heavy (non-hydrogen) atoms. The van der Waals surface area contributed by atoms with Gasteiger partial charge in [-0.25, -0.2) is 0 Å². The van der Waals surface area contributed by atoms with Crippen LogP contribution in [-0.4, -0.2) is 15.3 Å². The Labute approximate surface area is 127 Å². The van der Waals surface area contributed by atoms with Crippen LogP contribution in [0.5, 0.6) is 0 Å². The van der Waals surface area contributed by atoms with Gasteiger partial charge < -0.3 is 6.90 Å². The van der Waals surface area contributed by atoms with Crippen LogP contribution in [0.4, 0.5) is 0 Å². The summed E-state index contributed by atoms with van der Waals surface area (Å²) in [7, 11) is -2.87. The van der Waals surface area contributed by atoms with Crippen molar-refractivity contribution in [3.8, 4) is 0 Å². The molecule has 0 radical (unpaired) electrons. The Kier molecular flexibility index (Phi) is 20.0. The second-order valence-corrected chi connectivity index (χ2v) is 2.61. The van der Waals surface area contributed by atoms with Gasteiger partial charge in [0.25, 0.3) is 0 Å². The van der Waals surface area contributed by atoms with E-state index in [1.165, 1.54) is 0 Å². The quantitative estimate of drug-likeness (QED) is 0.279. The normalized spacial score (nSPS) is 6.69. The van der Waals surface area contributed by atoms with Gasteiger partial charge in [-0.15, -0.1) is 22.4 Å². The Morgan fingerprint density at radius 1 is 1.23 bits per heavy atom. The molecule has 0 unspecified atom stereocenters. The SMILES string of the molecule is O.O=[P+](O)O.Sc1ccccc1.[H-].[K+]. The summed E-state index contributed by atoms with van der Waals surface area (Å²) in [5, 5.41) is 0. The molecular formula is C6H11KO4PS+. The fraction of sp³-hybridized carbons (Fsp3) is 0. The predicted octanol–water partition coefficient (Wildman–Crippen LogP) is -2.10. The smallest absolute Gasteiger partial charge is 1.00 e. The average Bonchev–Trinajstić information content (AvgIpc) is 1.87. The van der Waals surface area contributed by atoms with Crippen molar-refractivity contribution in [1.82, 2.24) is 0 Å². The molecule has 0 fully saturated rings. The van der Waals surface area contributed by atoms with Crippen LogP contribution in [0, 0.1) is 0 Å². The monoisotopic (exact) mass is 249 g/mol. The van der Waals surface area contributed by atoms with Crippen molar-refractivity contribution in [3.63, 3.8) is 0 Å². The Hall–Kier alpha value is 1.19. The zero-order valence-corrected chi connectivity index (χ0v) is 12.0. The second kappa shape index (κ2) is 13.2. The number of rotatable bonds is 0. The molecule has 0 aromatic heterocycles. The maximum absolute atomic E-state index is 8.70. The van der Waals surface area contributed by atoms with Crippen LogP contribution in [0.25, 0.3) is 0 Å². The van der Waals surface area contributed by atoms with Crippen molar-refractivity contribution in [2.75, 3.05) is 0 Å². The Bertz CT molecular complexity index is 222. The van der Waals surface area contributed by atoms with Crippen LogP contribution in [0.3, 0.4) is 0 Å². The molecule has 1 aromatic carbocycles. The largest absolute Gasteiger partial charge is 1.00 e. The van der Waals surface area contributed by atoms with Crippen LogP contribution < -0.4 is 51.4 Å². The van der Waals surface area contributed by atoms with E-state index in [4.69, 9.17) is 14.4 Å². The minimum Gasteiger partial charge on any atom is -1.00 e. The Morgan fingerprint density at radius 3 is 1.69 bits per heavy atom. The van der Waals surface area contributed by atoms with Crippen LogP contribution >= 0.6 is 20.9 Å². The molecule has 0 saturated heterocycles. The fourth-order valence-electron chi connectivity index (χ4n) is 0.428. The molecule has 1 rings (SSSR count). The number of thiol groups is 1. The summed E-state index contributed by atoms with van der Waals surface area (Å²) in [6.07, 6.45) is 0. The van der Waals surface area contributed by atoms with Gasteiger partial charge >= 0.3 is 59.6 Å². The molecule has 0 bridgehead atoms. The topological polar surface area (TPSA) is 89.0 Å². The summed E-state index contributed by atoms with van der Waals surface area (Å²) in [5.74, 6) is 0. The van der Waals surface area contributed by atoms with E-state index in [0.717, 1.165) is 4.90 Å². The molecule has 0 amide bonds. The van der Waals surface area contributed by atoms with Crippen molar-refractivity contribution in [1.29, 1.82) is 0 Å². The zero-order chi connectivity index (χ0) is 8.69. The van der Waals surface area contributed by atoms with Crippen molar-refractivity contribution >= 4 is 20.9 Å². The van der Waals surface area contributed by atoms with E-state index in [1.807, 2.05) is 30.3 Å². The molecular weight excluding hydrogens is 238 g/mol. The van der Waals surface area contributed by atoms with E-state index in [9.17, 15) is 0 Å². The van der Waals surface area contributed by atoms with Gasteiger partial charge in [0.15, 0.2) is 0 Å². The van der Waals surface area contributed by atoms with Crippen LogP contribution in [0.15, 0.2) is 35.2 Å². The van der Waals surface area contributed by atoms with Gasteiger partial charge in [-0.2, -0.15) is 0 Å². The predicted molar refractivity (Wildman–Crippen MR) is 50.5 cm³/mol. The van der Waals surface area contributed by atoms with E-state index in [0.29, 0.717) is 0 Å². The Balaban J connectivity index is -0.0000000650. The third-order valence-corrected chi connectivity index (χ3v) is 1.05. The third kappa shape index (κ3) is 19.6. The van der Waals surface area contributed by atoms with E-state index in [2.05, 4.69) is 12.6 Å². The minimum absolute atomic E-state index is 0. The van der Waals surface area contributed by atoms with E-state index < -0.39 is 8.25 Å². The maximum atomic E-state index is 8.70. The van der Waals surface area contributed by atoms with Gasteiger partial charge in [0.1, 0.15) is 0 Å². The van der Waals surface area contributed by atoms with Gasteiger partial charge in [0.2, 0.25) is 0 Å². The number of hydrogen-bond donors (Lipinski definition) is 3. The molecule has 0 atom stereocenters. The summed E-state index contributed by atoms with van der Waals surface area (Å²) >= 11 is 4.08. The maximum Gasteiger partial charge on any atom is 1.00 e. The van der Waals surface area contributed by atoms with Crippen molar-refractivity contribution in [2.45, 2.75) is 4.90 Å². The molecule has 0 saturated carbocycles. The Morgan fingerprint density at radius 2 is 1.54 bits per heavy atom. The molecule has 0 spiro atoms. The molecule has 0 aliphatic heterocycles. The minimum atomic E-state index is -2.87.